The van der Waals surface area contributed by atoms with Crippen molar-refractivity contribution in [1.29, 1.82) is 0 Å². The van der Waals surface area contributed by atoms with Crippen LogP contribution < -0.4 is 10.1 Å². The first-order valence-corrected chi connectivity index (χ1v) is 10.9. The molecule has 1 aliphatic carbocycles. The van der Waals surface area contributed by atoms with E-state index in [4.69, 9.17) is 4.74 Å². The minimum atomic E-state index is -0.604. The maximum atomic E-state index is 12.8. The van der Waals surface area contributed by atoms with Crippen molar-refractivity contribution in [2.24, 2.45) is 0 Å². The summed E-state index contributed by atoms with van der Waals surface area (Å²) in [4.78, 5) is 40.3. The van der Waals surface area contributed by atoms with E-state index in [0.29, 0.717) is 37.7 Å². The topological polar surface area (TPSA) is 99.2 Å². The second kappa shape index (κ2) is 7.67. The number of hydrogen-bond donors (Lipinski definition) is 2. The summed E-state index contributed by atoms with van der Waals surface area (Å²) >= 11 is 0. The Morgan fingerprint density at radius 1 is 1.07 bits per heavy atom. The van der Waals surface area contributed by atoms with Crippen LogP contribution in [0.25, 0.3) is 0 Å². The number of carbonyl (C=O) groups excluding carboxylic acids is 3. The number of aliphatic hydroxyl groups is 1. The van der Waals surface area contributed by atoms with Gasteiger partial charge in [-0.2, -0.15) is 0 Å². The van der Waals surface area contributed by atoms with Crippen LogP contribution in [0.5, 0.6) is 5.75 Å². The lowest BCUT2D eigenvalue weighted by atomic mass is 9.89. The number of hydrogen-bond acceptors (Lipinski definition) is 6. The maximum absolute atomic E-state index is 12.8. The average molecular weight is 413 g/mol. The van der Waals surface area contributed by atoms with Crippen molar-refractivity contribution < 1.29 is 24.2 Å². The summed E-state index contributed by atoms with van der Waals surface area (Å²) < 4.78 is 6.36. The normalized spacial score (nSPS) is 30.1. The summed E-state index contributed by atoms with van der Waals surface area (Å²) in [5.41, 5.74) is 1.45. The number of imide groups is 1. The number of aliphatic hydroxyl groups excluding tert-OH is 1. The summed E-state index contributed by atoms with van der Waals surface area (Å²) in [6.07, 6.45) is 4.82. The molecule has 5 rings (SSSR count). The molecular formula is C22H27N3O5. The number of nitrogens with zero attached hydrogens (tertiary/aromatic N) is 2. The third kappa shape index (κ3) is 3.48. The summed E-state index contributed by atoms with van der Waals surface area (Å²) in [5.74, 6) is -0.112. The molecule has 0 aromatic heterocycles. The van der Waals surface area contributed by atoms with Gasteiger partial charge in [-0.3, -0.25) is 24.6 Å². The van der Waals surface area contributed by atoms with E-state index in [9.17, 15) is 19.5 Å². The predicted molar refractivity (Wildman–Crippen MR) is 107 cm³/mol. The highest BCUT2D eigenvalue weighted by Crippen LogP contribution is 2.33. The van der Waals surface area contributed by atoms with Crippen LogP contribution in [0.15, 0.2) is 18.2 Å². The highest BCUT2D eigenvalue weighted by molar-refractivity contribution is 6.05. The van der Waals surface area contributed by atoms with E-state index in [1.807, 2.05) is 12.1 Å². The van der Waals surface area contributed by atoms with Gasteiger partial charge in [0.05, 0.1) is 6.10 Å². The monoisotopic (exact) mass is 413 g/mol. The fraction of sp³-hybridized carbons (Fsp3) is 0.591. The van der Waals surface area contributed by atoms with E-state index in [1.54, 1.807) is 11.0 Å². The lowest BCUT2D eigenvalue weighted by Gasteiger charge is -2.46. The van der Waals surface area contributed by atoms with E-state index in [2.05, 4.69) is 10.2 Å². The number of benzene rings is 1. The number of rotatable bonds is 4. The lowest BCUT2D eigenvalue weighted by molar-refractivity contribution is -0.136. The van der Waals surface area contributed by atoms with Gasteiger partial charge in [-0.1, -0.05) is 6.42 Å². The first-order valence-electron chi connectivity index (χ1n) is 10.9. The van der Waals surface area contributed by atoms with Crippen LogP contribution in [0.1, 0.15) is 54.4 Å². The van der Waals surface area contributed by atoms with Crippen LogP contribution in [0.3, 0.4) is 0 Å². The molecule has 3 atom stereocenters. The number of likely N-dealkylation sites (tertiary alicyclic amines) is 1. The Morgan fingerprint density at radius 3 is 2.63 bits per heavy atom. The van der Waals surface area contributed by atoms with Gasteiger partial charge >= 0.3 is 0 Å². The molecule has 3 aliphatic heterocycles. The minimum absolute atomic E-state index is 0.0765. The number of fused-ring (bicyclic) bond motifs is 1. The molecule has 3 fully saturated rings. The molecule has 3 amide bonds. The van der Waals surface area contributed by atoms with Crippen LogP contribution in [-0.2, 0) is 16.1 Å². The van der Waals surface area contributed by atoms with Gasteiger partial charge in [0.2, 0.25) is 11.8 Å². The zero-order valence-corrected chi connectivity index (χ0v) is 16.9. The number of piperidine rings is 1. The van der Waals surface area contributed by atoms with Crippen molar-refractivity contribution in [1.82, 2.24) is 15.1 Å². The van der Waals surface area contributed by atoms with Crippen molar-refractivity contribution in [2.75, 3.05) is 13.1 Å². The van der Waals surface area contributed by atoms with Crippen LogP contribution in [0.4, 0.5) is 0 Å². The van der Waals surface area contributed by atoms with Gasteiger partial charge in [0, 0.05) is 37.7 Å². The molecule has 0 spiro atoms. The zero-order chi connectivity index (χ0) is 20.8. The molecule has 1 saturated carbocycles. The molecule has 2 N–H and O–H groups in total. The van der Waals surface area contributed by atoms with Crippen LogP contribution in [-0.4, -0.2) is 70.0 Å². The van der Waals surface area contributed by atoms with Crippen molar-refractivity contribution in [2.45, 2.75) is 69.4 Å². The zero-order valence-electron chi connectivity index (χ0n) is 16.9. The molecule has 4 aliphatic rings. The lowest BCUT2D eigenvalue weighted by Crippen LogP contribution is -2.60. The quantitative estimate of drug-likeness (QED) is 0.709. The smallest absolute Gasteiger partial charge is 0.255 e. The van der Waals surface area contributed by atoms with Gasteiger partial charge in [-0.25, -0.2) is 0 Å². The van der Waals surface area contributed by atoms with Gasteiger partial charge < -0.3 is 14.7 Å². The Balaban J connectivity index is 1.29. The largest absolute Gasteiger partial charge is 0.489 e. The highest BCUT2D eigenvalue weighted by Gasteiger charge is 2.40. The first kappa shape index (κ1) is 19.5. The SMILES string of the molecule is O=C1CCC(N2Cc3cc(O[C@H]4CCCC[C@@H]4N4CC(O)C4)ccc3C2=O)C(=O)N1. The minimum Gasteiger partial charge on any atom is -0.489 e. The van der Waals surface area contributed by atoms with Crippen LogP contribution >= 0.6 is 0 Å². The van der Waals surface area contributed by atoms with Gasteiger partial charge in [0.25, 0.3) is 5.91 Å². The Labute approximate surface area is 175 Å². The van der Waals surface area contributed by atoms with Gasteiger partial charge in [-0.05, 0) is 49.4 Å². The van der Waals surface area contributed by atoms with Crippen LogP contribution in [0.2, 0.25) is 0 Å². The third-order valence-electron chi connectivity index (χ3n) is 6.81. The van der Waals surface area contributed by atoms with Gasteiger partial charge in [0.1, 0.15) is 17.9 Å². The molecule has 1 unspecified atom stereocenters. The second-order valence-corrected chi connectivity index (χ2v) is 8.83. The number of amides is 3. The Hall–Kier alpha value is -2.45. The fourth-order valence-corrected chi connectivity index (χ4v) is 5.19. The number of ether oxygens (including phenoxy) is 1. The van der Waals surface area contributed by atoms with Crippen molar-refractivity contribution in [3.05, 3.63) is 29.3 Å². The number of nitrogens with one attached hydrogen (secondary N) is 1. The molecule has 0 bridgehead atoms. The van der Waals surface area contributed by atoms with Crippen LogP contribution in [0, 0.1) is 0 Å². The van der Waals surface area contributed by atoms with E-state index in [-0.39, 0.29) is 30.4 Å². The summed E-state index contributed by atoms with van der Waals surface area (Å²) in [6.45, 7) is 1.78. The second-order valence-electron chi connectivity index (χ2n) is 8.83. The highest BCUT2D eigenvalue weighted by atomic mass is 16.5. The maximum Gasteiger partial charge on any atom is 0.255 e. The summed E-state index contributed by atoms with van der Waals surface area (Å²) in [6, 6.07) is 5.24. The van der Waals surface area contributed by atoms with Crippen molar-refractivity contribution in [3.63, 3.8) is 0 Å². The third-order valence-corrected chi connectivity index (χ3v) is 6.81. The molecule has 3 heterocycles. The first-order chi connectivity index (χ1) is 14.5. The van der Waals surface area contributed by atoms with Gasteiger partial charge in [0.15, 0.2) is 0 Å². The molecule has 2 saturated heterocycles. The number of carbonyl (C=O) groups is 3. The standard InChI is InChI=1S/C22H27N3O5/c26-14-11-24(12-14)17-3-1-2-4-19(17)30-15-5-6-16-13(9-15)10-25(22(16)29)18-7-8-20(27)23-21(18)28/h5-6,9,14,17-19,26H,1-4,7-8,10-12H2,(H,23,27,28)/t17-,18?,19-/m0/s1. The Kier molecular flexibility index (Phi) is 4.99. The number of β-amino-alcohol motifs (C(OH)–C–C–N with tert-alkyl or cyclic N) is 1. The molecule has 1 aromatic carbocycles. The molecule has 160 valence electrons. The molecule has 8 heteroatoms. The van der Waals surface area contributed by atoms with Crippen molar-refractivity contribution >= 4 is 17.7 Å². The Bertz CT molecular complexity index is 882. The van der Waals surface area contributed by atoms with E-state index in [1.165, 1.54) is 6.42 Å². The molecular weight excluding hydrogens is 386 g/mol. The van der Waals surface area contributed by atoms with Gasteiger partial charge in [-0.15, -0.1) is 0 Å². The van der Waals surface area contributed by atoms with E-state index in [0.717, 1.165) is 30.6 Å². The molecule has 1 aromatic rings. The average Bonchev–Trinajstić information content (AvgIpc) is 3.02. The molecule has 0 radical (unpaired) electrons. The predicted octanol–water partition coefficient (Wildman–Crippen LogP) is 0.814. The summed E-state index contributed by atoms with van der Waals surface area (Å²) in [7, 11) is 0. The van der Waals surface area contributed by atoms with E-state index < -0.39 is 11.9 Å². The molecule has 8 nitrogen and oxygen atoms in total. The fourth-order valence-electron chi connectivity index (χ4n) is 5.19. The van der Waals surface area contributed by atoms with Crippen molar-refractivity contribution in [3.8, 4) is 5.75 Å². The molecule has 30 heavy (non-hydrogen) atoms. The Morgan fingerprint density at radius 2 is 1.87 bits per heavy atom. The summed E-state index contributed by atoms with van der Waals surface area (Å²) in [5, 5.41) is 12.0. The van der Waals surface area contributed by atoms with E-state index >= 15 is 0 Å².